The van der Waals surface area contributed by atoms with Crippen molar-refractivity contribution in [3.05, 3.63) is 60.8 Å². The van der Waals surface area contributed by atoms with Crippen molar-refractivity contribution >= 4 is 19.7 Å². The lowest BCUT2D eigenvalue weighted by Crippen LogP contribution is -2.47. The van der Waals surface area contributed by atoms with Gasteiger partial charge in [-0.25, -0.2) is 0 Å². The molecule has 0 rings (SSSR count). The number of quaternary nitrogens is 1. The summed E-state index contributed by atoms with van der Waals surface area (Å²) in [6.45, 7) is 6.80. The number of unbranched alkanes of at least 4 members (excludes halogenated alkanes) is 32. The molecule has 0 aliphatic carbocycles. The number of hydrogen-bond acceptors (Lipinski definition) is 7. The van der Waals surface area contributed by atoms with Crippen molar-refractivity contribution < 1.29 is 37.3 Å². The van der Waals surface area contributed by atoms with Crippen LogP contribution in [0.4, 0.5) is 0 Å². The Hall–Kier alpha value is -2.29. The number of amides is 1. The molecule has 0 saturated heterocycles. The van der Waals surface area contributed by atoms with Gasteiger partial charge >= 0.3 is 5.97 Å². The summed E-state index contributed by atoms with van der Waals surface area (Å²) in [7, 11) is 1.18. The smallest absolute Gasteiger partial charge is 0.306 e. The van der Waals surface area contributed by atoms with E-state index in [1.54, 1.807) is 0 Å². The average Bonchev–Trinajstić information content (AvgIpc) is 3.36. The third-order valence-electron chi connectivity index (χ3n) is 13.7. The lowest BCUT2D eigenvalue weighted by atomic mass is 10.0. The predicted octanol–water partition coefficient (Wildman–Crippen LogP) is 18.4. The SMILES string of the molecule is CCCCC/C=C\C/C=C\C/C=C\CCCCCCCCCCCCC(=O)NC(COP(=O)([O-])OCC[N+](C)(C)C)C(/C=C\CCCCCCCCCCCC)OC(=O)CCCCC/C=C\CCCCCCCC. The molecule has 432 valence electrons. The number of ether oxygens (including phenoxy) is 1. The van der Waals surface area contributed by atoms with Crippen molar-refractivity contribution in [2.75, 3.05) is 40.9 Å². The van der Waals surface area contributed by atoms with Crippen LogP contribution in [0.3, 0.4) is 0 Å². The van der Waals surface area contributed by atoms with Crippen LogP contribution in [0.25, 0.3) is 0 Å². The van der Waals surface area contributed by atoms with Gasteiger partial charge < -0.3 is 28.5 Å². The molecule has 0 bridgehead atoms. The number of carbonyl (C=O) groups excluding carboxylic acids is 2. The van der Waals surface area contributed by atoms with E-state index < -0.39 is 26.6 Å². The van der Waals surface area contributed by atoms with Gasteiger partial charge in [0, 0.05) is 12.8 Å². The lowest BCUT2D eigenvalue weighted by molar-refractivity contribution is -0.870. The van der Waals surface area contributed by atoms with Gasteiger partial charge in [0.25, 0.3) is 7.82 Å². The van der Waals surface area contributed by atoms with Crippen molar-refractivity contribution in [1.82, 2.24) is 5.32 Å². The fraction of sp³-hybridized carbons (Fsp3) is 0.812. The number of nitrogens with zero attached hydrogens (tertiary/aromatic N) is 1. The van der Waals surface area contributed by atoms with Gasteiger partial charge in [0.15, 0.2) is 0 Å². The third kappa shape index (κ3) is 54.5. The van der Waals surface area contributed by atoms with Crippen molar-refractivity contribution in [1.29, 1.82) is 0 Å². The minimum absolute atomic E-state index is 0.0261. The monoisotopic (exact) mass is 1060 g/mol. The Morgan fingerprint density at radius 1 is 0.473 bits per heavy atom. The molecular weight excluding hydrogens is 940 g/mol. The Labute approximate surface area is 458 Å². The first-order valence-corrected chi connectivity index (χ1v) is 32.6. The molecule has 3 unspecified atom stereocenters. The van der Waals surface area contributed by atoms with E-state index in [9.17, 15) is 19.0 Å². The Kier molecular flexibility index (Phi) is 52.4. The van der Waals surface area contributed by atoms with Crippen LogP contribution in [-0.2, 0) is 27.9 Å². The molecule has 0 radical (unpaired) electrons. The van der Waals surface area contributed by atoms with E-state index in [4.69, 9.17) is 13.8 Å². The summed E-state index contributed by atoms with van der Waals surface area (Å²) < 4.78 is 30.3. The lowest BCUT2D eigenvalue weighted by Gasteiger charge is -2.30. The number of phosphoric ester groups is 1. The summed E-state index contributed by atoms with van der Waals surface area (Å²) in [4.78, 5) is 39.9. The van der Waals surface area contributed by atoms with Gasteiger partial charge in [-0.2, -0.15) is 0 Å². The summed E-state index contributed by atoms with van der Waals surface area (Å²) in [5, 5.41) is 3.02. The van der Waals surface area contributed by atoms with Crippen LogP contribution < -0.4 is 10.2 Å². The molecule has 0 aromatic heterocycles. The molecule has 9 nitrogen and oxygen atoms in total. The third-order valence-corrected chi connectivity index (χ3v) is 14.6. The molecular formula is C64H119N2O7P. The van der Waals surface area contributed by atoms with Crippen molar-refractivity contribution in [3.8, 4) is 0 Å². The summed E-state index contributed by atoms with van der Waals surface area (Å²) >= 11 is 0. The van der Waals surface area contributed by atoms with Gasteiger partial charge in [-0.05, 0) is 96.0 Å². The summed E-state index contributed by atoms with van der Waals surface area (Å²) in [5.74, 6) is -0.560. The predicted molar refractivity (Wildman–Crippen MR) is 316 cm³/mol. The molecule has 0 spiro atoms. The van der Waals surface area contributed by atoms with Crippen LogP contribution in [0.15, 0.2) is 60.8 Å². The quantitative estimate of drug-likeness (QED) is 0.0212. The molecule has 0 heterocycles. The summed E-state index contributed by atoms with van der Waals surface area (Å²) in [6.07, 6.45) is 67.6. The maximum absolute atomic E-state index is 13.5. The zero-order valence-corrected chi connectivity index (χ0v) is 50.2. The Balaban J connectivity index is 5.19. The Bertz CT molecular complexity index is 1450. The van der Waals surface area contributed by atoms with Crippen LogP contribution in [0.5, 0.6) is 0 Å². The highest BCUT2D eigenvalue weighted by atomic mass is 31.2. The summed E-state index contributed by atoms with van der Waals surface area (Å²) in [5.41, 5.74) is 0. The Morgan fingerprint density at radius 3 is 1.28 bits per heavy atom. The van der Waals surface area contributed by atoms with Gasteiger partial charge in [-0.1, -0.05) is 236 Å². The zero-order chi connectivity index (χ0) is 54.3. The Morgan fingerprint density at radius 2 is 0.824 bits per heavy atom. The summed E-state index contributed by atoms with van der Waals surface area (Å²) in [6, 6.07) is -0.896. The van der Waals surface area contributed by atoms with E-state index in [2.05, 4.69) is 74.7 Å². The fourth-order valence-corrected chi connectivity index (χ4v) is 9.54. The largest absolute Gasteiger partial charge is 0.756 e. The molecule has 1 N–H and O–H groups in total. The number of carbonyl (C=O) groups is 2. The highest BCUT2D eigenvalue weighted by Crippen LogP contribution is 2.38. The van der Waals surface area contributed by atoms with Gasteiger partial charge in [0.1, 0.15) is 19.3 Å². The minimum atomic E-state index is -4.70. The van der Waals surface area contributed by atoms with E-state index in [0.717, 1.165) is 89.9 Å². The van der Waals surface area contributed by atoms with Gasteiger partial charge in [-0.15, -0.1) is 0 Å². The normalized spacial score (nSPS) is 14.1. The van der Waals surface area contributed by atoms with Crippen molar-refractivity contribution in [2.24, 2.45) is 0 Å². The second kappa shape index (κ2) is 54.1. The maximum atomic E-state index is 13.5. The maximum Gasteiger partial charge on any atom is 0.306 e. The highest BCUT2D eigenvalue weighted by Gasteiger charge is 2.27. The molecule has 0 fully saturated rings. The van der Waals surface area contributed by atoms with E-state index in [1.165, 1.54) is 154 Å². The second-order valence-electron chi connectivity index (χ2n) is 22.2. The van der Waals surface area contributed by atoms with Gasteiger partial charge in [-0.3, -0.25) is 14.2 Å². The number of likely N-dealkylation sites (N-methyl/N-ethyl adjacent to an activating group) is 1. The van der Waals surface area contributed by atoms with E-state index in [-0.39, 0.29) is 24.9 Å². The van der Waals surface area contributed by atoms with Crippen LogP contribution in [-0.4, -0.2) is 69.4 Å². The molecule has 0 saturated carbocycles. The first kappa shape index (κ1) is 71.7. The molecule has 74 heavy (non-hydrogen) atoms. The minimum Gasteiger partial charge on any atom is -0.756 e. The fourth-order valence-electron chi connectivity index (χ4n) is 8.82. The molecule has 3 atom stereocenters. The number of phosphoric acid groups is 1. The van der Waals surface area contributed by atoms with Crippen LogP contribution in [0, 0.1) is 0 Å². The van der Waals surface area contributed by atoms with Crippen LogP contribution in [0.2, 0.25) is 0 Å². The number of rotatable bonds is 56. The first-order valence-electron chi connectivity index (χ1n) is 31.1. The molecule has 0 aromatic carbocycles. The van der Waals surface area contributed by atoms with Crippen molar-refractivity contribution in [2.45, 2.75) is 296 Å². The molecule has 10 heteroatoms. The molecule has 0 aliphatic heterocycles. The second-order valence-corrected chi connectivity index (χ2v) is 23.6. The number of nitrogens with one attached hydrogen (secondary N) is 1. The van der Waals surface area contributed by atoms with E-state index >= 15 is 0 Å². The highest BCUT2D eigenvalue weighted by molar-refractivity contribution is 7.45. The van der Waals surface area contributed by atoms with Gasteiger partial charge in [0.05, 0.1) is 33.8 Å². The molecule has 0 aliphatic rings. The van der Waals surface area contributed by atoms with Crippen LogP contribution in [0.1, 0.15) is 284 Å². The first-order chi connectivity index (χ1) is 35.9. The average molecular weight is 1060 g/mol. The number of hydrogen-bond donors (Lipinski definition) is 1. The topological polar surface area (TPSA) is 114 Å². The van der Waals surface area contributed by atoms with Crippen LogP contribution >= 0.6 is 7.82 Å². The van der Waals surface area contributed by atoms with E-state index in [0.29, 0.717) is 23.9 Å². The van der Waals surface area contributed by atoms with Gasteiger partial charge in [0.2, 0.25) is 5.91 Å². The number of allylic oxidation sites excluding steroid dienone is 9. The zero-order valence-electron chi connectivity index (χ0n) is 49.3. The standard InChI is InChI=1S/C64H119N2O7P/c1-7-10-13-16-19-22-25-28-29-30-31-32-33-34-35-36-37-39-41-44-47-50-53-56-63(67)65-61(60-72-74(69,70)71-59-58-66(4,5)6)62(55-52-49-46-43-40-27-24-21-18-15-12-9-3)73-64(68)57-54-51-48-45-42-38-26-23-20-17-14-11-8-2/h19,22,28-29,31-32,38,42,52,55,61-62H,7-18,20-21,23-27,30,33-37,39-41,43-51,53-54,56-60H2,1-6H3,(H-,65,67,69,70)/b22-19-,29-28-,32-31-,42-38-,55-52-. The molecule has 1 amide bonds. The van der Waals surface area contributed by atoms with Crippen molar-refractivity contribution in [3.63, 3.8) is 0 Å². The number of esters is 1. The van der Waals surface area contributed by atoms with E-state index in [1.807, 2.05) is 33.3 Å². The molecule has 0 aromatic rings.